The Labute approximate surface area is 112 Å². The zero-order chi connectivity index (χ0) is 11.9. The molecular formula is C11H8Cl3NS. The summed E-state index contributed by atoms with van der Waals surface area (Å²) in [7, 11) is 0. The van der Waals surface area contributed by atoms with Gasteiger partial charge in [-0.2, -0.15) is 0 Å². The molecule has 1 nitrogen and oxygen atoms in total. The van der Waals surface area contributed by atoms with Gasteiger partial charge in [0.1, 0.15) is 0 Å². The lowest BCUT2D eigenvalue weighted by Crippen LogP contribution is -2.22. The number of halogens is 3. The van der Waals surface area contributed by atoms with Crippen LogP contribution in [0.1, 0.15) is 0 Å². The number of benzene rings is 1. The van der Waals surface area contributed by atoms with Gasteiger partial charge >= 0.3 is 0 Å². The highest BCUT2D eigenvalue weighted by Gasteiger charge is 2.23. The quantitative estimate of drug-likeness (QED) is 0.730. The van der Waals surface area contributed by atoms with Crippen molar-refractivity contribution in [2.45, 2.75) is 3.12 Å². The summed E-state index contributed by atoms with van der Waals surface area (Å²) in [4.78, 5) is 0. The highest BCUT2D eigenvalue weighted by atomic mass is 35.6. The summed E-state index contributed by atoms with van der Waals surface area (Å²) < 4.78 is 0.325. The minimum absolute atomic E-state index is 0.789. The Hall–Kier alpha value is -0.280. The first-order valence-corrected chi connectivity index (χ1v) is 6.34. The maximum Gasteiger partial charge on any atom is 0.256 e. The van der Waals surface area contributed by atoms with Gasteiger partial charge in [0.2, 0.25) is 0 Å². The first kappa shape index (κ1) is 12.2. The van der Waals surface area contributed by atoms with E-state index in [-0.39, 0.29) is 0 Å². The molecule has 0 saturated heterocycles. The second-order valence-electron chi connectivity index (χ2n) is 3.27. The van der Waals surface area contributed by atoms with E-state index in [1.165, 1.54) is 0 Å². The predicted molar refractivity (Wildman–Crippen MR) is 75.5 cm³/mol. The number of fused-ring (bicyclic) bond motifs is 1. The van der Waals surface area contributed by atoms with Gasteiger partial charge in [0.15, 0.2) is 0 Å². The van der Waals surface area contributed by atoms with E-state index >= 15 is 0 Å². The molecule has 2 rings (SSSR count). The number of hydrogen-bond acceptors (Lipinski definition) is 1. The van der Waals surface area contributed by atoms with Crippen LogP contribution < -0.4 is 10.7 Å². The predicted octanol–water partition coefficient (Wildman–Crippen LogP) is 3.29. The molecule has 1 heterocycles. The van der Waals surface area contributed by atoms with Crippen molar-refractivity contribution in [3.8, 4) is 0 Å². The molecule has 0 aliphatic carbocycles. The standard InChI is InChI=1S/C11H8Cl3NS/c1-7-9-5-3-4-6-10(9)8(2)15(7)16-11(12,13)14/h3-6H,1-2H2. The first-order chi connectivity index (χ1) is 7.40. The van der Waals surface area contributed by atoms with E-state index < -0.39 is 3.12 Å². The van der Waals surface area contributed by atoms with Crippen LogP contribution in [-0.4, -0.2) is 7.10 Å². The van der Waals surface area contributed by atoms with Crippen molar-refractivity contribution in [3.05, 3.63) is 35.0 Å². The molecule has 0 aliphatic rings. The van der Waals surface area contributed by atoms with Gasteiger partial charge in [-0.25, -0.2) is 0 Å². The Balaban J connectivity index is 2.72. The Morgan fingerprint density at radius 3 is 1.81 bits per heavy atom. The SMILES string of the molecule is C=c1c2ccccc2c(=C)n1SC(Cl)(Cl)Cl. The zero-order valence-electron chi connectivity index (χ0n) is 8.21. The fraction of sp³-hybridized carbons (Fsp3) is 0.0909. The van der Waals surface area contributed by atoms with Gasteiger partial charge in [0, 0.05) is 22.7 Å². The number of rotatable bonds is 1. The molecule has 1 aromatic heterocycles. The van der Waals surface area contributed by atoms with Crippen molar-refractivity contribution in [1.82, 2.24) is 3.97 Å². The molecule has 5 heteroatoms. The van der Waals surface area contributed by atoms with Crippen molar-refractivity contribution < 1.29 is 0 Å². The molecule has 0 aliphatic heterocycles. The monoisotopic (exact) mass is 291 g/mol. The van der Waals surface area contributed by atoms with E-state index in [2.05, 4.69) is 13.2 Å². The van der Waals surface area contributed by atoms with Crippen LogP contribution in [0.2, 0.25) is 0 Å². The number of nitrogens with zero attached hydrogens (tertiary/aromatic N) is 1. The first-order valence-electron chi connectivity index (χ1n) is 4.44. The second-order valence-corrected chi connectivity index (χ2v) is 7.38. The van der Waals surface area contributed by atoms with Gasteiger partial charge in [-0.3, -0.25) is 3.97 Å². The van der Waals surface area contributed by atoms with Crippen LogP contribution in [0.3, 0.4) is 0 Å². The molecule has 1 aromatic carbocycles. The maximum atomic E-state index is 5.76. The molecule has 0 bridgehead atoms. The molecule has 0 saturated carbocycles. The molecular weight excluding hydrogens is 285 g/mol. The molecule has 0 radical (unpaired) electrons. The van der Waals surface area contributed by atoms with Crippen LogP contribution >= 0.6 is 46.8 Å². The third kappa shape index (κ3) is 2.21. The Kier molecular flexibility index (Phi) is 3.19. The summed E-state index contributed by atoms with van der Waals surface area (Å²) in [6.07, 6.45) is 0. The maximum absolute atomic E-state index is 5.76. The summed E-state index contributed by atoms with van der Waals surface area (Å²) in [6.45, 7) is 7.96. The molecule has 0 amide bonds. The Morgan fingerprint density at radius 1 is 1.00 bits per heavy atom. The van der Waals surface area contributed by atoms with Crippen LogP contribution in [0, 0.1) is 0 Å². The molecule has 2 aromatic rings. The average molecular weight is 293 g/mol. The van der Waals surface area contributed by atoms with Crippen LogP contribution in [0.4, 0.5) is 0 Å². The van der Waals surface area contributed by atoms with E-state index in [4.69, 9.17) is 34.8 Å². The summed E-state index contributed by atoms with van der Waals surface area (Å²) in [5.41, 5.74) is 0. The van der Waals surface area contributed by atoms with E-state index in [9.17, 15) is 0 Å². The van der Waals surface area contributed by atoms with Gasteiger partial charge in [-0.05, 0) is 0 Å². The number of hydrogen-bond donors (Lipinski definition) is 0. The molecule has 0 spiro atoms. The molecule has 0 fully saturated rings. The van der Waals surface area contributed by atoms with Crippen molar-refractivity contribution in [3.63, 3.8) is 0 Å². The van der Waals surface area contributed by atoms with Crippen LogP contribution in [0.5, 0.6) is 0 Å². The van der Waals surface area contributed by atoms with Gasteiger partial charge in [0.05, 0.1) is 10.7 Å². The highest BCUT2D eigenvalue weighted by molar-refractivity contribution is 8.03. The summed E-state index contributed by atoms with van der Waals surface area (Å²) in [6, 6.07) is 7.84. The van der Waals surface area contributed by atoms with Crippen molar-refractivity contribution in [2.24, 2.45) is 0 Å². The molecule has 16 heavy (non-hydrogen) atoms. The van der Waals surface area contributed by atoms with Gasteiger partial charge in [0.25, 0.3) is 3.12 Å². The number of alkyl halides is 3. The fourth-order valence-corrected chi connectivity index (χ4v) is 2.83. The van der Waals surface area contributed by atoms with Crippen molar-refractivity contribution in [1.29, 1.82) is 0 Å². The Morgan fingerprint density at radius 2 is 1.44 bits per heavy atom. The molecule has 0 unspecified atom stereocenters. The molecule has 0 atom stereocenters. The molecule has 84 valence electrons. The minimum Gasteiger partial charge on any atom is -0.281 e. The van der Waals surface area contributed by atoms with Crippen LogP contribution in [0.25, 0.3) is 23.9 Å². The third-order valence-electron chi connectivity index (χ3n) is 2.23. The number of aromatic nitrogens is 1. The smallest absolute Gasteiger partial charge is 0.256 e. The lowest BCUT2D eigenvalue weighted by molar-refractivity contribution is 1.18. The largest absolute Gasteiger partial charge is 0.281 e. The molecule has 0 N–H and O–H groups in total. The van der Waals surface area contributed by atoms with E-state index in [0.717, 1.165) is 33.4 Å². The van der Waals surface area contributed by atoms with Gasteiger partial charge < -0.3 is 0 Å². The lowest BCUT2D eigenvalue weighted by atomic mass is 10.2. The fourth-order valence-electron chi connectivity index (χ4n) is 1.58. The summed E-state index contributed by atoms with van der Waals surface area (Å²) in [5, 5.41) is 3.62. The van der Waals surface area contributed by atoms with Crippen molar-refractivity contribution in [2.75, 3.05) is 0 Å². The van der Waals surface area contributed by atoms with E-state index in [1.807, 2.05) is 24.3 Å². The van der Waals surface area contributed by atoms with Crippen LogP contribution in [-0.2, 0) is 0 Å². The van der Waals surface area contributed by atoms with Crippen LogP contribution in [0.15, 0.2) is 24.3 Å². The van der Waals surface area contributed by atoms with Crippen molar-refractivity contribution >= 4 is 70.7 Å². The highest BCUT2D eigenvalue weighted by Crippen LogP contribution is 2.38. The lowest BCUT2D eigenvalue weighted by Gasteiger charge is -2.10. The minimum atomic E-state index is -1.42. The normalized spacial score (nSPS) is 12.2. The Bertz CT molecular complexity index is 580. The zero-order valence-corrected chi connectivity index (χ0v) is 11.3. The van der Waals surface area contributed by atoms with E-state index in [0.29, 0.717) is 0 Å². The van der Waals surface area contributed by atoms with E-state index in [1.54, 1.807) is 3.97 Å². The average Bonchev–Trinajstić information content (AvgIpc) is 2.43. The summed E-state index contributed by atoms with van der Waals surface area (Å²) >= 11 is 18.3. The second kappa shape index (κ2) is 4.19. The topological polar surface area (TPSA) is 4.93 Å². The summed E-state index contributed by atoms with van der Waals surface area (Å²) in [5.74, 6) is 0. The third-order valence-corrected chi connectivity index (χ3v) is 3.69. The van der Waals surface area contributed by atoms with Gasteiger partial charge in [-0.15, -0.1) is 0 Å². The van der Waals surface area contributed by atoms with Gasteiger partial charge in [-0.1, -0.05) is 72.2 Å².